The molecule has 1 unspecified atom stereocenters. The summed E-state index contributed by atoms with van der Waals surface area (Å²) in [7, 11) is 0. The predicted molar refractivity (Wildman–Crippen MR) is 70.4 cm³/mol. The fourth-order valence-electron chi connectivity index (χ4n) is 1.32. The number of nitrogens with one attached hydrogen (secondary N) is 1. The Morgan fingerprint density at radius 3 is 2.67 bits per heavy atom. The molecular formula is C11H19N3O3S. The number of carbonyl (C=O) groups excluding carboxylic acids is 1. The summed E-state index contributed by atoms with van der Waals surface area (Å²) < 4.78 is 0. The normalized spacial score (nSPS) is 11.4. The molecule has 0 aliphatic carbocycles. The molecule has 0 aliphatic rings. The lowest BCUT2D eigenvalue weighted by atomic mass is 10.2. The molecule has 0 heterocycles. The average molecular weight is 273 g/mol. The maximum absolute atomic E-state index is 11.8. The summed E-state index contributed by atoms with van der Waals surface area (Å²) >= 11 is 1.53. The molecule has 0 aromatic heterocycles. The SMILES string of the molecule is CCN(CCC#N)C(=O)NC(CCSC)C(=O)O. The van der Waals surface area contributed by atoms with E-state index in [9.17, 15) is 9.59 Å². The zero-order valence-electron chi connectivity index (χ0n) is 10.7. The van der Waals surface area contributed by atoms with Crippen LogP contribution in [0.15, 0.2) is 0 Å². The molecule has 0 saturated heterocycles. The van der Waals surface area contributed by atoms with Crippen LogP contribution in [0.1, 0.15) is 19.8 Å². The Bertz CT molecular complexity index is 317. The van der Waals surface area contributed by atoms with Crippen LogP contribution in [0, 0.1) is 11.3 Å². The smallest absolute Gasteiger partial charge is 0.326 e. The number of carboxylic acids is 1. The molecule has 0 bridgehead atoms. The van der Waals surface area contributed by atoms with Crippen LogP contribution in [0.2, 0.25) is 0 Å². The van der Waals surface area contributed by atoms with E-state index in [1.54, 1.807) is 6.92 Å². The Labute approximate surface area is 111 Å². The minimum Gasteiger partial charge on any atom is -0.480 e. The van der Waals surface area contributed by atoms with Gasteiger partial charge < -0.3 is 15.3 Å². The molecule has 0 radical (unpaired) electrons. The van der Waals surface area contributed by atoms with Gasteiger partial charge in [-0.25, -0.2) is 9.59 Å². The van der Waals surface area contributed by atoms with Gasteiger partial charge in [-0.05, 0) is 25.4 Å². The summed E-state index contributed by atoms with van der Waals surface area (Å²) in [6.07, 6.45) is 2.51. The molecule has 18 heavy (non-hydrogen) atoms. The molecule has 0 aromatic rings. The molecule has 0 spiro atoms. The third-order valence-corrected chi connectivity index (χ3v) is 3.01. The van der Waals surface area contributed by atoms with Crippen molar-refractivity contribution in [3.8, 4) is 6.07 Å². The maximum Gasteiger partial charge on any atom is 0.326 e. The highest BCUT2D eigenvalue weighted by molar-refractivity contribution is 7.98. The van der Waals surface area contributed by atoms with Crippen LogP contribution < -0.4 is 5.32 Å². The van der Waals surface area contributed by atoms with E-state index in [0.29, 0.717) is 25.3 Å². The number of carboxylic acid groups (broad SMARTS) is 1. The lowest BCUT2D eigenvalue weighted by Crippen LogP contribution is -2.48. The van der Waals surface area contributed by atoms with Gasteiger partial charge in [0, 0.05) is 13.1 Å². The fourth-order valence-corrected chi connectivity index (χ4v) is 1.79. The zero-order valence-corrected chi connectivity index (χ0v) is 11.5. The molecule has 0 saturated carbocycles. The van der Waals surface area contributed by atoms with Crippen LogP contribution in [0.3, 0.4) is 0 Å². The number of hydrogen-bond donors (Lipinski definition) is 2. The standard InChI is InChI=1S/C11H19N3O3S/c1-3-14(7-4-6-12)11(17)13-9(10(15)16)5-8-18-2/h9H,3-5,7-8H2,1-2H3,(H,13,17)(H,15,16). The molecule has 6 nitrogen and oxygen atoms in total. The molecule has 0 rings (SSSR count). The molecule has 2 amide bonds. The van der Waals surface area contributed by atoms with E-state index >= 15 is 0 Å². The number of amides is 2. The molecule has 0 fully saturated rings. The monoisotopic (exact) mass is 273 g/mol. The van der Waals surface area contributed by atoms with Gasteiger partial charge in [0.25, 0.3) is 0 Å². The fraction of sp³-hybridized carbons (Fsp3) is 0.727. The number of urea groups is 1. The molecule has 2 N–H and O–H groups in total. The number of aliphatic carboxylic acids is 1. The second-order valence-electron chi connectivity index (χ2n) is 3.61. The zero-order chi connectivity index (χ0) is 14.0. The van der Waals surface area contributed by atoms with Crippen LogP contribution in [0.25, 0.3) is 0 Å². The Morgan fingerprint density at radius 2 is 2.22 bits per heavy atom. The van der Waals surface area contributed by atoms with Gasteiger partial charge in [-0.1, -0.05) is 0 Å². The summed E-state index contributed by atoms with van der Waals surface area (Å²) in [6, 6.07) is 0.653. The van der Waals surface area contributed by atoms with Crippen LogP contribution in [0.5, 0.6) is 0 Å². The minimum absolute atomic E-state index is 0.240. The quantitative estimate of drug-likeness (QED) is 0.691. The van der Waals surface area contributed by atoms with Gasteiger partial charge >= 0.3 is 12.0 Å². The van der Waals surface area contributed by atoms with E-state index in [2.05, 4.69) is 5.32 Å². The van der Waals surface area contributed by atoms with Crippen molar-refractivity contribution in [2.75, 3.05) is 25.1 Å². The molecule has 1 atom stereocenters. The van der Waals surface area contributed by atoms with Gasteiger partial charge in [-0.3, -0.25) is 0 Å². The summed E-state index contributed by atoms with van der Waals surface area (Å²) in [5.74, 6) is -0.365. The summed E-state index contributed by atoms with van der Waals surface area (Å²) in [4.78, 5) is 24.2. The van der Waals surface area contributed by atoms with E-state index in [-0.39, 0.29) is 6.42 Å². The summed E-state index contributed by atoms with van der Waals surface area (Å²) in [6.45, 7) is 2.55. The first-order valence-electron chi connectivity index (χ1n) is 5.70. The summed E-state index contributed by atoms with van der Waals surface area (Å²) in [5, 5.41) is 19.9. The van der Waals surface area contributed by atoms with Crippen LogP contribution >= 0.6 is 11.8 Å². The third-order valence-electron chi connectivity index (χ3n) is 2.37. The van der Waals surface area contributed by atoms with Crippen molar-refractivity contribution in [2.45, 2.75) is 25.8 Å². The first-order chi connectivity index (χ1) is 8.56. The number of nitriles is 1. The molecule has 102 valence electrons. The molecule has 0 aliphatic heterocycles. The van der Waals surface area contributed by atoms with Gasteiger partial charge in [0.15, 0.2) is 0 Å². The van der Waals surface area contributed by atoms with Crippen molar-refractivity contribution >= 4 is 23.8 Å². The van der Waals surface area contributed by atoms with Crippen molar-refractivity contribution in [1.82, 2.24) is 10.2 Å². The van der Waals surface area contributed by atoms with Crippen LogP contribution in [-0.2, 0) is 4.79 Å². The van der Waals surface area contributed by atoms with E-state index in [1.165, 1.54) is 16.7 Å². The van der Waals surface area contributed by atoms with E-state index in [0.717, 1.165) is 0 Å². The first-order valence-corrected chi connectivity index (χ1v) is 7.10. The number of rotatable bonds is 8. The second kappa shape index (κ2) is 9.59. The van der Waals surface area contributed by atoms with Gasteiger partial charge in [0.05, 0.1) is 12.5 Å². The number of carbonyl (C=O) groups is 2. The largest absolute Gasteiger partial charge is 0.480 e. The topological polar surface area (TPSA) is 93.4 Å². The lowest BCUT2D eigenvalue weighted by Gasteiger charge is -2.23. The van der Waals surface area contributed by atoms with Gasteiger partial charge in [0.1, 0.15) is 6.04 Å². The van der Waals surface area contributed by atoms with Crippen molar-refractivity contribution in [2.24, 2.45) is 0 Å². The average Bonchev–Trinajstić information content (AvgIpc) is 2.34. The highest BCUT2D eigenvalue weighted by atomic mass is 32.2. The van der Waals surface area contributed by atoms with Gasteiger partial charge in [-0.15, -0.1) is 0 Å². The van der Waals surface area contributed by atoms with Crippen molar-refractivity contribution in [3.05, 3.63) is 0 Å². The van der Waals surface area contributed by atoms with E-state index in [4.69, 9.17) is 10.4 Å². The maximum atomic E-state index is 11.8. The minimum atomic E-state index is -1.03. The van der Waals surface area contributed by atoms with E-state index < -0.39 is 18.0 Å². The number of hydrogen-bond acceptors (Lipinski definition) is 4. The highest BCUT2D eigenvalue weighted by Gasteiger charge is 2.21. The van der Waals surface area contributed by atoms with Gasteiger partial charge in [-0.2, -0.15) is 17.0 Å². The third kappa shape index (κ3) is 6.35. The molecule has 7 heteroatoms. The second-order valence-corrected chi connectivity index (χ2v) is 4.60. The number of thioether (sulfide) groups is 1. The molecular weight excluding hydrogens is 254 g/mol. The highest BCUT2D eigenvalue weighted by Crippen LogP contribution is 2.02. The molecule has 0 aromatic carbocycles. The van der Waals surface area contributed by atoms with Gasteiger partial charge in [0.2, 0.25) is 0 Å². The van der Waals surface area contributed by atoms with Crippen molar-refractivity contribution in [3.63, 3.8) is 0 Å². The van der Waals surface area contributed by atoms with Crippen LogP contribution in [-0.4, -0.2) is 53.1 Å². The van der Waals surface area contributed by atoms with Crippen molar-refractivity contribution < 1.29 is 14.7 Å². The lowest BCUT2D eigenvalue weighted by molar-refractivity contribution is -0.139. The Morgan fingerprint density at radius 1 is 1.56 bits per heavy atom. The number of nitrogens with zero attached hydrogens (tertiary/aromatic N) is 2. The Hall–Kier alpha value is -1.42. The Kier molecular flexibility index (Phi) is 8.84. The van der Waals surface area contributed by atoms with Crippen molar-refractivity contribution in [1.29, 1.82) is 5.26 Å². The predicted octanol–water partition coefficient (Wildman–Crippen LogP) is 1.14. The first kappa shape index (κ1) is 16.6. The summed E-state index contributed by atoms with van der Waals surface area (Å²) in [5.41, 5.74) is 0. The van der Waals surface area contributed by atoms with E-state index in [1.807, 2.05) is 12.3 Å². The Balaban J connectivity index is 4.37. The van der Waals surface area contributed by atoms with Crippen LogP contribution in [0.4, 0.5) is 4.79 Å².